The van der Waals surface area contributed by atoms with E-state index in [1.807, 2.05) is 55.6 Å². The maximum absolute atomic E-state index is 13.1. The molecule has 0 saturated heterocycles. The third-order valence-electron chi connectivity index (χ3n) is 5.28. The highest BCUT2D eigenvalue weighted by atomic mass is 32.2. The van der Waals surface area contributed by atoms with E-state index in [1.54, 1.807) is 17.8 Å². The zero-order valence-electron chi connectivity index (χ0n) is 16.0. The van der Waals surface area contributed by atoms with Gasteiger partial charge >= 0.3 is 0 Å². The van der Waals surface area contributed by atoms with E-state index in [9.17, 15) is 4.79 Å². The van der Waals surface area contributed by atoms with Crippen LogP contribution in [0.25, 0.3) is 21.9 Å². The Balaban J connectivity index is 1.49. The molecule has 0 aromatic heterocycles. The van der Waals surface area contributed by atoms with Gasteiger partial charge in [-0.05, 0) is 34.0 Å². The molecule has 140 valence electrons. The molecule has 1 heterocycles. The summed E-state index contributed by atoms with van der Waals surface area (Å²) in [5, 5.41) is 3.02. The second kappa shape index (κ2) is 7.26. The van der Waals surface area contributed by atoms with E-state index >= 15 is 0 Å². The minimum absolute atomic E-state index is 0.0345. The van der Waals surface area contributed by atoms with Gasteiger partial charge in [-0.2, -0.15) is 0 Å². The maximum atomic E-state index is 13.1. The predicted octanol–water partition coefficient (Wildman–Crippen LogP) is 6.77. The zero-order chi connectivity index (χ0) is 19.8. The molecule has 0 amide bonds. The summed E-state index contributed by atoms with van der Waals surface area (Å²) >= 11 is 1.64. The standard InChI is InChI=1S/C26H19NOS/c1-27-23-16-20(18-8-3-2-4-9-18)14-15-25(23)29-26(27)17-24(28)22-13-7-11-19-10-5-6-12-21(19)22/h2-17H,1H3. The molecule has 0 saturated carbocycles. The van der Waals surface area contributed by atoms with Crippen LogP contribution < -0.4 is 4.90 Å². The highest BCUT2D eigenvalue weighted by molar-refractivity contribution is 8.03. The minimum atomic E-state index is 0.0345. The molecule has 1 aliphatic rings. The number of anilines is 1. The third kappa shape index (κ3) is 3.24. The first-order valence-corrected chi connectivity index (χ1v) is 10.4. The molecule has 0 aliphatic carbocycles. The van der Waals surface area contributed by atoms with Gasteiger partial charge in [0.15, 0.2) is 5.78 Å². The quantitative estimate of drug-likeness (QED) is 0.283. The second-order valence-corrected chi connectivity index (χ2v) is 8.15. The molecule has 4 aromatic rings. The molecule has 4 aromatic carbocycles. The fourth-order valence-corrected chi connectivity index (χ4v) is 4.80. The van der Waals surface area contributed by atoms with Crippen molar-refractivity contribution < 1.29 is 4.79 Å². The molecule has 3 heteroatoms. The van der Waals surface area contributed by atoms with Crippen molar-refractivity contribution in [3.05, 3.63) is 108 Å². The fourth-order valence-electron chi connectivity index (χ4n) is 3.73. The van der Waals surface area contributed by atoms with E-state index in [2.05, 4.69) is 47.4 Å². The summed E-state index contributed by atoms with van der Waals surface area (Å²) in [6.07, 6.45) is 1.76. The fraction of sp³-hybridized carbons (Fsp3) is 0.0385. The number of rotatable bonds is 3. The number of allylic oxidation sites excluding steroid dienone is 1. The number of benzene rings is 4. The highest BCUT2D eigenvalue weighted by Crippen LogP contribution is 2.46. The summed E-state index contributed by atoms with van der Waals surface area (Å²) in [6, 6.07) is 30.7. The van der Waals surface area contributed by atoms with Gasteiger partial charge < -0.3 is 4.90 Å². The van der Waals surface area contributed by atoms with Crippen LogP contribution in [0.15, 0.2) is 107 Å². The van der Waals surface area contributed by atoms with E-state index in [1.165, 1.54) is 16.0 Å². The largest absolute Gasteiger partial charge is 0.338 e. The highest BCUT2D eigenvalue weighted by Gasteiger charge is 2.24. The lowest BCUT2D eigenvalue weighted by molar-refractivity contribution is 0.104. The molecule has 0 bridgehead atoms. The van der Waals surface area contributed by atoms with Gasteiger partial charge in [-0.15, -0.1) is 0 Å². The van der Waals surface area contributed by atoms with Gasteiger partial charge in [0.25, 0.3) is 0 Å². The summed E-state index contributed by atoms with van der Waals surface area (Å²) in [5.41, 5.74) is 4.25. The molecule has 29 heavy (non-hydrogen) atoms. The molecule has 0 fully saturated rings. The lowest BCUT2D eigenvalue weighted by Crippen LogP contribution is -2.11. The molecule has 0 radical (unpaired) electrons. The van der Waals surface area contributed by atoms with Crippen LogP contribution in [0, 0.1) is 0 Å². The SMILES string of the molecule is CN1C(=CC(=O)c2cccc3ccccc23)Sc2ccc(-c3ccccc3)cc21. The van der Waals surface area contributed by atoms with Gasteiger partial charge in [0.1, 0.15) is 0 Å². The summed E-state index contributed by atoms with van der Waals surface area (Å²) in [6.45, 7) is 0. The molecule has 2 nitrogen and oxygen atoms in total. The Bertz CT molecular complexity index is 1250. The first-order chi connectivity index (χ1) is 14.2. The van der Waals surface area contributed by atoms with Gasteiger partial charge in [-0.3, -0.25) is 4.79 Å². The van der Waals surface area contributed by atoms with E-state index < -0.39 is 0 Å². The zero-order valence-corrected chi connectivity index (χ0v) is 16.8. The van der Waals surface area contributed by atoms with Crippen LogP contribution in [0.1, 0.15) is 10.4 Å². The second-order valence-electron chi connectivity index (χ2n) is 7.08. The Hall–Kier alpha value is -3.30. The lowest BCUT2D eigenvalue weighted by atomic mass is 10.0. The Kier molecular flexibility index (Phi) is 4.45. The number of ketones is 1. The van der Waals surface area contributed by atoms with Gasteiger partial charge in [0.2, 0.25) is 0 Å². The number of carbonyl (C=O) groups is 1. The van der Waals surface area contributed by atoms with Crippen LogP contribution in [0.5, 0.6) is 0 Å². The van der Waals surface area contributed by atoms with Crippen LogP contribution in [-0.4, -0.2) is 12.8 Å². The lowest BCUT2D eigenvalue weighted by Gasteiger charge is -2.14. The Labute approximate surface area is 174 Å². The monoisotopic (exact) mass is 393 g/mol. The van der Waals surface area contributed by atoms with Gasteiger partial charge in [-0.1, -0.05) is 90.6 Å². The topological polar surface area (TPSA) is 20.3 Å². The van der Waals surface area contributed by atoms with Crippen molar-refractivity contribution in [3.63, 3.8) is 0 Å². The smallest absolute Gasteiger partial charge is 0.189 e. The summed E-state index contributed by atoms with van der Waals surface area (Å²) in [5.74, 6) is 0.0345. The number of hydrogen-bond acceptors (Lipinski definition) is 3. The number of nitrogens with zero attached hydrogens (tertiary/aromatic N) is 1. The number of thioether (sulfide) groups is 1. The first-order valence-electron chi connectivity index (χ1n) is 9.55. The maximum Gasteiger partial charge on any atom is 0.189 e. The average Bonchev–Trinajstić information content (AvgIpc) is 3.08. The van der Waals surface area contributed by atoms with Crippen LogP contribution in [-0.2, 0) is 0 Å². The summed E-state index contributed by atoms with van der Waals surface area (Å²) < 4.78 is 0. The number of fused-ring (bicyclic) bond motifs is 2. The van der Waals surface area contributed by atoms with Crippen molar-refractivity contribution in [2.75, 3.05) is 11.9 Å². The van der Waals surface area contributed by atoms with Crippen molar-refractivity contribution in [2.45, 2.75) is 4.90 Å². The van der Waals surface area contributed by atoms with E-state index in [-0.39, 0.29) is 5.78 Å². The summed E-state index contributed by atoms with van der Waals surface area (Å²) in [4.78, 5) is 16.4. The van der Waals surface area contributed by atoms with Crippen molar-refractivity contribution >= 4 is 34.0 Å². The van der Waals surface area contributed by atoms with Crippen LogP contribution in [0.3, 0.4) is 0 Å². The minimum Gasteiger partial charge on any atom is -0.338 e. The van der Waals surface area contributed by atoms with E-state index in [0.29, 0.717) is 0 Å². The van der Waals surface area contributed by atoms with Gasteiger partial charge in [-0.25, -0.2) is 0 Å². The molecule has 1 aliphatic heterocycles. The van der Waals surface area contributed by atoms with Crippen LogP contribution in [0.2, 0.25) is 0 Å². The Morgan fingerprint density at radius 1 is 0.828 bits per heavy atom. The predicted molar refractivity (Wildman–Crippen MR) is 122 cm³/mol. The Morgan fingerprint density at radius 2 is 1.59 bits per heavy atom. The molecule has 0 spiro atoms. The van der Waals surface area contributed by atoms with Crippen LogP contribution in [0.4, 0.5) is 5.69 Å². The first kappa shape index (κ1) is 17.8. The average molecular weight is 394 g/mol. The van der Waals surface area contributed by atoms with Crippen molar-refractivity contribution in [1.82, 2.24) is 0 Å². The van der Waals surface area contributed by atoms with Crippen molar-refractivity contribution in [1.29, 1.82) is 0 Å². The van der Waals surface area contributed by atoms with Gasteiger partial charge in [0, 0.05) is 23.6 Å². The summed E-state index contributed by atoms with van der Waals surface area (Å²) in [7, 11) is 2.02. The molecule has 0 unspecified atom stereocenters. The normalized spacial score (nSPS) is 14.4. The number of hydrogen-bond donors (Lipinski definition) is 0. The Morgan fingerprint density at radius 3 is 2.45 bits per heavy atom. The van der Waals surface area contributed by atoms with Crippen molar-refractivity contribution in [2.24, 2.45) is 0 Å². The van der Waals surface area contributed by atoms with Crippen LogP contribution >= 0.6 is 11.8 Å². The number of carbonyl (C=O) groups excluding carboxylic acids is 1. The van der Waals surface area contributed by atoms with Crippen molar-refractivity contribution in [3.8, 4) is 11.1 Å². The van der Waals surface area contributed by atoms with E-state index in [0.717, 1.165) is 27.1 Å². The molecule has 0 N–H and O–H groups in total. The third-order valence-corrected chi connectivity index (χ3v) is 6.45. The molecular formula is C26H19NOS. The molecule has 5 rings (SSSR count). The molecular weight excluding hydrogens is 374 g/mol. The van der Waals surface area contributed by atoms with E-state index in [4.69, 9.17) is 0 Å². The van der Waals surface area contributed by atoms with Gasteiger partial charge in [0.05, 0.1) is 10.7 Å². The molecule has 0 atom stereocenters.